The van der Waals surface area contributed by atoms with Gasteiger partial charge in [-0.2, -0.15) is 0 Å². The van der Waals surface area contributed by atoms with Crippen LogP contribution in [0.25, 0.3) is 0 Å². The summed E-state index contributed by atoms with van der Waals surface area (Å²) in [6.07, 6.45) is 11.5. The average molecular weight is 345 g/mol. The number of unbranched alkanes of at least 4 members (excludes halogenated alkanes) is 3. The lowest BCUT2D eigenvalue weighted by atomic mass is 9.82. The number of fused-ring (bicyclic) bond motifs is 1. The minimum Gasteiger partial charge on any atom is -0.507 e. The molecule has 1 aromatic carbocycles. The molecule has 0 spiro atoms. The summed E-state index contributed by atoms with van der Waals surface area (Å²) < 4.78 is 6.25. The number of rotatable bonds is 8. The predicted octanol–water partition coefficient (Wildman–Crippen LogP) is 6.91. The first-order valence-electron chi connectivity index (χ1n) is 10.1. The van der Waals surface area contributed by atoms with E-state index >= 15 is 0 Å². The molecule has 0 radical (unpaired) electrons. The Morgan fingerprint density at radius 3 is 2.60 bits per heavy atom. The molecule has 1 aliphatic rings. The second-order valence-electron chi connectivity index (χ2n) is 8.27. The molecule has 0 aromatic heterocycles. The Labute approximate surface area is 154 Å². The second kappa shape index (κ2) is 8.78. The van der Waals surface area contributed by atoms with E-state index in [0.717, 1.165) is 37.0 Å². The lowest BCUT2D eigenvalue weighted by molar-refractivity contribution is 0.0771. The molecular weight excluding hydrogens is 308 g/mol. The van der Waals surface area contributed by atoms with Crippen LogP contribution >= 0.6 is 0 Å². The van der Waals surface area contributed by atoms with Gasteiger partial charge in [-0.25, -0.2) is 0 Å². The molecule has 0 saturated heterocycles. The summed E-state index contributed by atoms with van der Waals surface area (Å²) in [7, 11) is 0. The number of hydrogen-bond donors (Lipinski definition) is 1. The van der Waals surface area contributed by atoms with Gasteiger partial charge in [0.2, 0.25) is 0 Å². The maximum Gasteiger partial charge on any atom is 0.127 e. The van der Waals surface area contributed by atoms with Gasteiger partial charge in [0.15, 0.2) is 0 Å². The van der Waals surface area contributed by atoms with Crippen molar-refractivity contribution in [2.75, 3.05) is 0 Å². The molecule has 1 aromatic rings. The van der Waals surface area contributed by atoms with Gasteiger partial charge in [0, 0.05) is 11.5 Å². The lowest BCUT2D eigenvalue weighted by Crippen LogP contribution is -2.34. The minimum absolute atomic E-state index is 0.201. The van der Waals surface area contributed by atoms with Crippen LogP contribution in [0.1, 0.15) is 96.6 Å². The zero-order valence-corrected chi connectivity index (χ0v) is 16.8. The molecule has 0 bridgehead atoms. The number of phenols is 1. The summed E-state index contributed by atoms with van der Waals surface area (Å²) in [5.74, 6) is 1.52. The number of aryl methyl sites for hydroxylation is 1. The fourth-order valence-electron chi connectivity index (χ4n) is 3.84. The SMILES string of the molecule is CCCCCc1cc(O)c2c(c1)OC(C)(C)C[C@H]2/C=C(/C)CCCC. The van der Waals surface area contributed by atoms with Crippen LogP contribution in [0.5, 0.6) is 11.5 Å². The number of allylic oxidation sites excluding steroid dienone is 2. The first-order chi connectivity index (χ1) is 11.9. The van der Waals surface area contributed by atoms with E-state index in [9.17, 15) is 5.11 Å². The summed E-state index contributed by atoms with van der Waals surface area (Å²) in [6.45, 7) is 11.0. The number of ether oxygens (including phenoxy) is 1. The van der Waals surface area contributed by atoms with Gasteiger partial charge < -0.3 is 9.84 Å². The molecule has 2 rings (SSSR count). The summed E-state index contributed by atoms with van der Waals surface area (Å²) >= 11 is 0. The second-order valence-corrected chi connectivity index (χ2v) is 8.27. The normalized spacial score (nSPS) is 19.4. The molecule has 0 amide bonds. The summed E-state index contributed by atoms with van der Waals surface area (Å²) in [5.41, 5.74) is 3.39. The van der Waals surface area contributed by atoms with Crippen molar-refractivity contribution in [1.82, 2.24) is 0 Å². The molecule has 1 atom stereocenters. The smallest absolute Gasteiger partial charge is 0.127 e. The fourth-order valence-corrected chi connectivity index (χ4v) is 3.84. The first-order valence-corrected chi connectivity index (χ1v) is 10.1. The van der Waals surface area contributed by atoms with Crippen molar-refractivity contribution in [3.8, 4) is 11.5 Å². The summed E-state index contributed by atoms with van der Waals surface area (Å²) in [6, 6.07) is 4.12. The van der Waals surface area contributed by atoms with Gasteiger partial charge in [0.25, 0.3) is 0 Å². The number of hydrogen-bond acceptors (Lipinski definition) is 2. The van der Waals surface area contributed by atoms with Crippen LogP contribution in [0.2, 0.25) is 0 Å². The predicted molar refractivity (Wildman–Crippen MR) is 107 cm³/mol. The molecular formula is C23H36O2. The van der Waals surface area contributed by atoms with E-state index in [1.165, 1.54) is 36.8 Å². The minimum atomic E-state index is -0.201. The molecule has 0 fully saturated rings. The third kappa shape index (κ3) is 5.52. The summed E-state index contributed by atoms with van der Waals surface area (Å²) in [5, 5.41) is 10.7. The molecule has 0 saturated carbocycles. The maximum atomic E-state index is 10.7. The topological polar surface area (TPSA) is 29.5 Å². The van der Waals surface area contributed by atoms with E-state index in [1.54, 1.807) is 0 Å². The van der Waals surface area contributed by atoms with Gasteiger partial charge >= 0.3 is 0 Å². The van der Waals surface area contributed by atoms with Crippen molar-refractivity contribution < 1.29 is 9.84 Å². The molecule has 0 aliphatic carbocycles. The zero-order chi connectivity index (χ0) is 18.4. The Kier molecular flexibility index (Phi) is 6.98. The maximum absolute atomic E-state index is 10.7. The van der Waals surface area contributed by atoms with E-state index in [1.807, 2.05) is 6.07 Å². The van der Waals surface area contributed by atoms with Crippen LogP contribution in [0, 0.1) is 0 Å². The van der Waals surface area contributed by atoms with Crippen LogP contribution in [0.3, 0.4) is 0 Å². The average Bonchev–Trinajstić information content (AvgIpc) is 2.51. The van der Waals surface area contributed by atoms with Gasteiger partial charge in [0.05, 0.1) is 0 Å². The van der Waals surface area contributed by atoms with Crippen molar-refractivity contribution in [1.29, 1.82) is 0 Å². The van der Waals surface area contributed by atoms with E-state index in [4.69, 9.17) is 4.74 Å². The third-order valence-electron chi connectivity index (χ3n) is 5.13. The third-order valence-corrected chi connectivity index (χ3v) is 5.13. The monoisotopic (exact) mass is 344 g/mol. The Balaban J connectivity index is 2.31. The number of aromatic hydroxyl groups is 1. The molecule has 1 aliphatic heterocycles. The molecule has 140 valence electrons. The molecule has 0 unspecified atom stereocenters. The van der Waals surface area contributed by atoms with Crippen molar-refractivity contribution in [3.05, 3.63) is 34.9 Å². The Hall–Kier alpha value is -1.44. The largest absolute Gasteiger partial charge is 0.507 e. The van der Waals surface area contributed by atoms with Crippen molar-refractivity contribution in [2.45, 2.75) is 97.5 Å². The van der Waals surface area contributed by atoms with Crippen LogP contribution in [-0.2, 0) is 6.42 Å². The van der Waals surface area contributed by atoms with Crippen LogP contribution in [0.15, 0.2) is 23.8 Å². The van der Waals surface area contributed by atoms with Crippen LogP contribution in [0.4, 0.5) is 0 Å². The molecule has 1 N–H and O–H groups in total. The highest BCUT2D eigenvalue weighted by Gasteiger charge is 2.34. The molecule has 25 heavy (non-hydrogen) atoms. The van der Waals surface area contributed by atoms with E-state index in [0.29, 0.717) is 5.75 Å². The van der Waals surface area contributed by atoms with Gasteiger partial charge in [-0.05, 0) is 70.6 Å². The van der Waals surface area contributed by atoms with Crippen LogP contribution in [-0.4, -0.2) is 10.7 Å². The lowest BCUT2D eigenvalue weighted by Gasteiger charge is -2.37. The van der Waals surface area contributed by atoms with Gasteiger partial charge in [-0.1, -0.05) is 44.8 Å². The highest BCUT2D eigenvalue weighted by Crippen LogP contribution is 2.47. The quantitative estimate of drug-likeness (QED) is 0.410. The van der Waals surface area contributed by atoms with Gasteiger partial charge in [-0.15, -0.1) is 0 Å². The van der Waals surface area contributed by atoms with Crippen molar-refractivity contribution >= 4 is 0 Å². The van der Waals surface area contributed by atoms with Crippen molar-refractivity contribution in [2.24, 2.45) is 0 Å². The van der Waals surface area contributed by atoms with Gasteiger partial charge in [-0.3, -0.25) is 0 Å². The van der Waals surface area contributed by atoms with Gasteiger partial charge in [0.1, 0.15) is 17.1 Å². The van der Waals surface area contributed by atoms with Crippen molar-refractivity contribution in [3.63, 3.8) is 0 Å². The van der Waals surface area contributed by atoms with Crippen LogP contribution < -0.4 is 4.74 Å². The number of benzene rings is 1. The zero-order valence-electron chi connectivity index (χ0n) is 16.8. The highest BCUT2D eigenvalue weighted by atomic mass is 16.5. The standard InChI is InChI=1S/C23H36O2/c1-6-8-10-12-18-14-20(24)22-19(13-17(3)11-9-7-2)16-23(4,5)25-21(22)15-18/h13-15,19,24H,6-12,16H2,1-5H3/b17-13-/t19-/m1/s1. The first kappa shape index (κ1) is 19.9. The highest BCUT2D eigenvalue weighted by molar-refractivity contribution is 5.52. The Morgan fingerprint density at radius 2 is 1.92 bits per heavy atom. The Bertz CT molecular complexity index is 598. The Morgan fingerprint density at radius 1 is 1.20 bits per heavy atom. The molecule has 2 nitrogen and oxygen atoms in total. The van der Waals surface area contributed by atoms with E-state index in [-0.39, 0.29) is 11.5 Å². The molecule has 1 heterocycles. The number of phenolic OH excluding ortho intramolecular Hbond substituents is 1. The fraction of sp³-hybridized carbons (Fsp3) is 0.652. The van der Waals surface area contributed by atoms with E-state index in [2.05, 4.69) is 46.8 Å². The van der Waals surface area contributed by atoms with E-state index < -0.39 is 0 Å². The molecule has 2 heteroatoms. The summed E-state index contributed by atoms with van der Waals surface area (Å²) in [4.78, 5) is 0.